The molecular weight excluding hydrogens is 773 g/mol. The topological polar surface area (TPSA) is 0 Å². The van der Waals surface area contributed by atoms with Gasteiger partial charge in [0.05, 0.1) is 0 Å². The van der Waals surface area contributed by atoms with Gasteiger partial charge in [-0.2, -0.15) is 0 Å². The molecule has 350 valence electrons. The van der Waals surface area contributed by atoms with E-state index in [0.29, 0.717) is 0 Å². The summed E-state index contributed by atoms with van der Waals surface area (Å²) in [5.74, 6) is 0. The highest BCUT2D eigenvalue weighted by atomic mass is 28.3. The maximum Gasteiger partial charge on any atom is 0.176 e. The van der Waals surface area contributed by atoms with Crippen molar-refractivity contribution < 1.29 is 0 Å². The maximum atomic E-state index is 2.80. The molecular formula is C62H98Si. The van der Waals surface area contributed by atoms with Crippen molar-refractivity contribution in [3.8, 4) is 0 Å². The molecule has 3 aromatic rings. The zero-order valence-electron chi connectivity index (χ0n) is 42.7. The van der Waals surface area contributed by atoms with Crippen LogP contribution in [0.15, 0.2) is 77.5 Å². The maximum absolute atomic E-state index is 2.80. The van der Waals surface area contributed by atoms with Gasteiger partial charge in [-0.3, -0.25) is 0 Å². The summed E-state index contributed by atoms with van der Waals surface area (Å²) in [5, 5.41) is 6.83. The van der Waals surface area contributed by atoms with E-state index in [9.17, 15) is 0 Å². The molecule has 1 heteroatoms. The molecule has 4 rings (SSSR count). The van der Waals surface area contributed by atoms with Crippen LogP contribution in [0.25, 0.3) is 0 Å². The zero-order chi connectivity index (χ0) is 45.0. The van der Waals surface area contributed by atoms with E-state index < -0.39 is 8.07 Å². The van der Waals surface area contributed by atoms with Crippen molar-refractivity contribution in [2.24, 2.45) is 0 Å². The lowest BCUT2D eigenvalue weighted by Gasteiger charge is -2.37. The lowest BCUT2D eigenvalue weighted by molar-refractivity contribution is 0.661. The normalized spacial score (nSPS) is 12.9. The molecule has 0 saturated heterocycles. The van der Waals surface area contributed by atoms with Crippen LogP contribution < -0.4 is 15.6 Å². The van der Waals surface area contributed by atoms with E-state index in [2.05, 4.69) is 115 Å². The Morgan fingerprint density at radius 3 is 0.810 bits per heavy atom. The van der Waals surface area contributed by atoms with Gasteiger partial charge >= 0.3 is 0 Å². The fourth-order valence-corrected chi connectivity index (χ4v) is 16.0. The minimum atomic E-state index is -2.77. The van der Waals surface area contributed by atoms with Crippen molar-refractivity contribution >= 4 is 23.6 Å². The highest BCUT2D eigenvalue weighted by molar-refractivity contribution is 7.16. The Labute approximate surface area is 393 Å². The molecule has 0 heterocycles. The fraction of sp³-hybridized carbons (Fsp3) is 0.645. The average molecular weight is 872 g/mol. The summed E-state index contributed by atoms with van der Waals surface area (Å²) in [7, 11) is -2.77. The van der Waals surface area contributed by atoms with Gasteiger partial charge in [-0.1, -0.05) is 248 Å². The summed E-state index contributed by atoms with van der Waals surface area (Å²) in [4.78, 5) is 0. The molecule has 63 heavy (non-hydrogen) atoms. The third-order valence-electron chi connectivity index (χ3n) is 14.3. The minimum Gasteiger partial charge on any atom is -0.0776 e. The van der Waals surface area contributed by atoms with Crippen molar-refractivity contribution in [2.45, 2.75) is 260 Å². The van der Waals surface area contributed by atoms with Crippen molar-refractivity contribution in [3.63, 3.8) is 0 Å². The van der Waals surface area contributed by atoms with Crippen LogP contribution in [0.5, 0.6) is 0 Å². The van der Waals surface area contributed by atoms with E-state index in [0.717, 1.165) is 6.42 Å². The Morgan fingerprint density at radius 1 is 0.302 bits per heavy atom. The molecule has 1 aliphatic carbocycles. The van der Waals surface area contributed by atoms with E-state index in [1.807, 2.05) is 0 Å². The van der Waals surface area contributed by atoms with Crippen LogP contribution >= 0.6 is 0 Å². The molecule has 0 aliphatic heterocycles. The van der Waals surface area contributed by atoms with Gasteiger partial charge in [-0.15, -0.1) is 0 Å². The van der Waals surface area contributed by atoms with Crippen LogP contribution in [0.1, 0.15) is 255 Å². The second kappa shape index (κ2) is 31.3. The molecule has 0 atom stereocenters. The zero-order valence-corrected chi connectivity index (χ0v) is 43.7. The molecule has 0 fully saturated rings. The number of aryl methyl sites for hydroxylation is 6. The first-order valence-corrected chi connectivity index (χ1v) is 29.7. The van der Waals surface area contributed by atoms with Crippen LogP contribution in [0, 0.1) is 0 Å². The van der Waals surface area contributed by atoms with Crippen LogP contribution in [0.2, 0.25) is 0 Å². The number of hydrogen-bond donors (Lipinski definition) is 0. The lowest BCUT2D eigenvalue weighted by atomic mass is 10.00. The van der Waals surface area contributed by atoms with Crippen molar-refractivity contribution in [1.82, 2.24) is 0 Å². The first-order chi connectivity index (χ1) is 30.9. The summed E-state index contributed by atoms with van der Waals surface area (Å²) in [5.41, 5.74) is 11.2. The second-order valence-electron chi connectivity index (χ2n) is 20.1. The molecule has 3 aromatic carbocycles. The molecule has 1 aliphatic rings. The van der Waals surface area contributed by atoms with E-state index in [-0.39, 0.29) is 0 Å². The third kappa shape index (κ3) is 17.6. The van der Waals surface area contributed by atoms with Gasteiger partial charge in [0, 0.05) is 0 Å². The quantitative estimate of drug-likeness (QED) is 0.0310. The standard InChI is InChI=1S/C62H98Si/c1-8-15-21-27-34-53-42-54(35-28-22-16-9-2)47-60(46-53)63(59-41-40-52(45-59)33-14-7,61-48-55(36-29-23-17-10-3)43-56(49-61)37-30-24-18-11-4)62-50-57(38-31-25-19-12-5)44-58(51-62)39-32-26-20-13-6/h40,42-51H,8-39,41H2,1-7H3. The van der Waals surface area contributed by atoms with Gasteiger partial charge < -0.3 is 0 Å². The van der Waals surface area contributed by atoms with Crippen LogP contribution in [0.3, 0.4) is 0 Å². The molecule has 0 radical (unpaired) electrons. The molecule has 0 N–H and O–H groups in total. The molecule has 0 amide bonds. The lowest BCUT2D eigenvalue weighted by Crippen LogP contribution is -2.69. The smallest absolute Gasteiger partial charge is 0.0776 e. The van der Waals surface area contributed by atoms with Crippen LogP contribution in [0.4, 0.5) is 0 Å². The van der Waals surface area contributed by atoms with E-state index >= 15 is 0 Å². The van der Waals surface area contributed by atoms with Gasteiger partial charge in [0.15, 0.2) is 8.07 Å². The monoisotopic (exact) mass is 871 g/mol. The number of benzene rings is 3. The van der Waals surface area contributed by atoms with Gasteiger partial charge in [0.25, 0.3) is 0 Å². The molecule has 0 saturated carbocycles. The summed E-state index contributed by atoms with van der Waals surface area (Å²) in [6.07, 6.45) is 47.9. The fourth-order valence-electron chi connectivity index (χ4n) is 10.7. The summed E-state index contributed by atoms with van der Waals surface area (Å²) >= 11 is 0. The third-order valence-corrected chi connectivity index (χ3v) is 19.1. The largest absolute Gasteiger partial charge is 0.176 e. The first-order valence-electron chi connectivity index (χ1n) is 27.7. The van der Waals surface area contributed by atoms with E-state index in [1.165, 1.54) is 205 Å². The number of rotatable bonds is 36. The Kier molecular flexibility index (Phi) is 26.3. The molecule has 0 unspecified atom stereocenters. The minimum absolute atomic E-state index is 1.10. The Morgan fingerprint density at radius 2 is 0.571 bits per heavy atom. The van der Waals surface area contributed by atoms with Gasteiger partial charge in [-0.05, 0) is 139 Å². The Bertz CT molecular complexity index is 1490. The Hall–Kier alpha value is -2.64. The molecule has 0 aromatic heterocycles. The molecule has 0 bridgehead atoms. The van der Waals surface area contributed by atoms with E-state index in [4.69, 9.17) is 0 Å². The van der Waals surface area contributed by atoms with E-state index in [1.54, 1.807) is 59.7 Å². The van der Waals surface area contributed by atoms with Crippen molar-refractivity contribution in [3.05, 3.63) is 111 Å². The van der Waals surface area contributed by atoms with Gasteiger partial charge in [-0.25, -0.2) is 0 Å². The summed E-state index contributed by atoms with van der Waals surface area (Å²) < 4.78 is 0. The van der Waals surface area contributed by atoms with Crippen LogP contribution in [-0.2, 0) is 38.5 Å². The summed E-state index contributed by atoms with van der Waals surface area (Å²) in [6.45, 7) is 16.5. The number of hydrogen-bond acceptors (Lipinski definition) is 0. The molecule has 0 spiro atoms. The summed E-state index contributed by atoms with van der Waals surface area (Å²) in [6, 6.07) is 24.8. The van der Waals surface area contributed by atoms with Gasteiger partial charge in [0.1, 0.15) is 0 Å². The van der Waals surface area contributed by atoms with Gasteiger partial charge in [0.2, 0.25) is 0 Å². The predicted molar refractivity (Wildman–Crippen MR) is 287 cm³/mol. The molecule has 0 nitrogen and oxygen atoms in total. The highest BCUT2D eigenvalue weighted by Crippen LogP contribution is 2.32. The first kappa shape index (κ1) is 53.0. The SMILES string of the molecule is CCCCCCc1cc(CCCCCC)cc([Si](C2=CC(CCC)=CC2)(c2cc(CCCCCC)cc(CCCCCC)c2)c2cc(CCCCCC)cc(CCCCCC)c2)c1. The average Bonchev–Trinajstić information content (AvgIpc) is 3.76. The Balaban J connectivity index is 2.12. The number of allylic oxidation sites excluding steroid dienone is 4. The highest BCUT2D eigenvalue weighted by Gasteiger charge is 2.45. The van der Waals surface area contributed by atoms with Crippen LogP contribution in [-0.4, -0.2) is 8.07 Å². The van der Waals surface area contributed by atoms with Crippen molar-refractivity contribution in [1.29, 1.82) is 0 Å². The van der Waals surface area contributed by atoms with Crippen molar-refractivity contribution in [2.75, 3.05) is 0 Å². The number of unbranched alkanes of at least 4 members (excludes halogenated alkanes) is 18. The predicted octanol–water partition coefficient (Wildman–Crippen LogP) is 17.5. The second-order valence-corrected chi connectivity index (χ2v) is 24.0.